The number of anilines is 1. The third-order valence-corrected chi connectivity index (χ3v) is 4.64. The van der Waals surface area contributed by atoms with Gasteiger partial charge in [0, 0.05) is 50.7 Å². The van der Waals surface area contributed by atoms with E-state index in [1.165, 1.54) is 25.7 Å². The lowest BCUT2D eigenvalue weighted by Crippen LogP contribution is -2.59. The molecular formula is C16H29N5. The lowest BCUT2D eigenvalue weighted by atomic mass is 9.91. The Morgan fingerprint density at radius 2 is 1.81 bits per heavy atom. The van der Waals surface area contributed by atoms with E-state index in [-0.39, 0.29) is 5.54 Å². The minimum absolute atomic E-state index is 0.138. The number of piperazine rings is 1. The van der Waals surface area contributed by atoms with Crippen molar-refractivity contribution in [2.45, 2.75) is 45.1 Å². The molecule has 0 aliphatic carbocycles. The van der Waals surface area contributed by atoms with Gasteiger partial charge in [0.2, 0.25) is 5.95 Å². The van der Waals surface area contributed by atoms with Gasteiger partial charge in [-0.05, 0) is 19.4 Å². The highest BCUT2D eigenvalue weighted by Gasteiger charge is 2.32. The van der Waals surface area contributed by atoms with E-state index in [0.717, 1.165) is 38.7 Å². The van der Waals surface area contributed by atoms with Crippen molar-refractivity contribution in [1.29, 1.82) is 0 Å². The van der Waals surface area contributed by atoms with Crippen molar-refractivity contribution in [3.8, 4) is 0 Å². The smallest absolute Gasteiger partial charge is 0.225 e. The van der Waals surface area contributed by atoms with Crippen molar-refractivity contribution in [3.63, 3.8) is 0 Å². The summed E-state index contributed by atoms with van der Waals surface area (Å²) in [5, 5.41) is 0. The molecule has 2 heterocycles. The van der Waals surface area contributed by atoms with Crippen molar-refractivity contribution in [3.05, 3.63) is 18.5 Å². The second-order valence-electron chi connectivity index (χ2n) is 6.18. The van der Waals surface area contributed by atoms with Crippen molar-refractivity contribution in [1.82, 2.24) is 14.9 Å². The Hall–Kier alpha value is -1.20. The number of hydrogen-bond donors (Lipinski definition) is 1. The van der Waals surface area contributed by atoms with Crippen molar-refractivity contribution in [2.75, 3.05) is 37.6 Å². The fourth-order valence-electron chi connectivity index (χ4n) is 3.05. The summed E-state index contributed by atoms with van der Waals surface area (Å²) in [6.07, 6.45) is 8.64. The fraction of sp³-hybridized carbons (Fsp3) is 0.750. The molecule has 1 atom stereocenters. The zero-order chi connectivity index (χ0) is 15.1. The summed E-state index contributed by atoms with van der Waals surface area (Å²) in [4.78, 5) is 13.5. The van der Waals surface area contributed by atoms with E-state index in [0.29, 0.717) is 0 Å². The normalized spacial score (nSPS) is 19.5. The molecule has 1 aromatic heterocycles. The van der Waals surface area contributed by atoms with Crippen LogP contribution in [0.1, 0.15) is 39.5 Å². The van der Waals surface area contributed by atoms with Crippen LogP contribution in [0.25, 0.3) is 0 Å². The first-order valence-electron chi connectivity index (χ1n) is 8.16. The van der Waals surface area contributed by atoms with Crippen LogP contribution in [-0.4, -0.2) is 53.1 Å². The molecule has 1 aromatic rings. The highest BCUT2D eigenvalue weighted by atomic mass is 15.3. The van der Waals surface area contributed by atoms with Gasteiger partial charge in [-0.1, -0.05) is 26.2 Å². The molecule has 118 valence electrons. The Balaban J connectivity index is 1.89. The predicted octanol–water partition coefficient (Wildman–Crippen LogP) is 1.90. The second kappa shape index (κ2) is 7.71. The van der Waals surface area contributed by atoms with Crippen LogP contribution in [0.3, 0.4) is 0 Å². The summed E-state index contributed by atoms with van der Waals surface area (Å²) in [7, 11) is 0. The standard InChI is InChI=1S/C16H29N5/c1-3-4-5-7-16(2,14-17)21-12-10-20(11-13-21)15-18-8-6-9-19-15/h6,8-9H,3-5,7,10-14,17H2,1-2H3. The molecule has 1 aliphatic rings. The van der Waals surface area contributed by atoms with Crippen LogP contribution in [0.5, 0.6) is 0 Å². The number of hydrogen-bond acceptors (Lipinski definition) is 5. The third kappa shape index (κ3) is 4.14. The maximum atomic E-state index is 6.09. The first-order valence-corrected chi connectivity index (χ1v) is 8.16. The van der Waals surface area contributed by atoms with Crippen LogP contribution in [0.15, 0.2) is 18.5 Å². The van der Waals surface area contributed by atoms with Crippen LogP contribution in [-0.2, 0) is 0 Å². The first kappa shape index (κ1) is 16.2. The molecule has 5 heteroatoms. The van der Waals surface area contributed by atoms with Crippen LogP contribution in [0.2, 0.25) is 0 Å². The summed E-state index contributed by atoms with van der Waals surface area (Å²) in [5.41, 5.74) is 6.22. The SMILES string of the molecule is CCCCCC(C)(CN)N1CCN(c2ncccn2)CC1. The molecule has 0 aromatic carbocycles. The molecule has 21 heavy (non-hydrogen) atoms. The van der Waals surface area contributed by atoms with Crippen LogP contribution in [0.4, 0.5) is 5.95 Å². The molecule has 0 amide bonds. The van der Waals surface area contributed by atoms with E-state index in [9.17, 15) is 0 Å². The van der Waals surface area contributed by atoms with Crippen LogP contribution < -0.4 is 10.6 Å². The maximum absolute atomic E-state index is 6.09. The summed E-state index contributed by atoms with van der Waals surface area (Å²) in [6, 6.07) is 1.86. The molecule has 2 N–H and O–H groups in total. The van der Waals surface area contributed by atoms with E-state index in [1.54, 1.807) is 0 Å². The second-order valence-corrected chi connectivity index (χ2v) is 6.18. The lowest BCUT2D eigenvalue weighted by Gasteiger charge is -2.45. The van der Waals surface area contributed by atoms with Crippen LogP contribution in [0, 0.1) is 0 Å². The van der Waals surface area contributed by atoms with Gasteiger partial charge in [0.05, 0.1) is 0 Å². The molecule has 0 bridgehead atoms. The number of nitrogens with two attached hydrogens (primary N) is 1. The molecule has 5 nitrogen and oxygen atoms in total. The number of unbranched alkanes of at least 4 members (excludes halogenated alkanes) is 2. The van der Waals surface area contributed by atoms with Crippen molar-refractivity contribution < 1.29 is 0 Å². The molecular weight excluding hydrogens is 262 g/mol. The molecule has 1 fully saturated rings. The highest BCUT2D eigenvalue weighted by molar-refractivity contribution is 5.29. The van der Waals surface area contributed by atoms with E-state index >= 15 is 0 Å². The monoisotopic (exact) mass is 291 g/mol. The lowest BCUT2D eigenvalue weighted by molar-refractivity contribution is 0.0913. The Morgan fingerprint density at radius 3 is 2.38 bits per heavy atom. The van der Waals surface area contributed by atoms with Gasteiger partial charge >= 0.3 is 0 Å². The zero-order valence-electron chi connectivity index (χ0n) is 13.5. The molecule has 0 saturated carbocycles. The molecule has 0 radical (unpaired) electrons. The van der Waals surface area contributed by atoms with Gasteiger partial charge in [-0.2, -0.15) is 0 Å². The minimum Gasteiger partial charge on any atom is -0.338 e. The Kier molecular flexibility index (Phi) is 5.94. The van der Waals surface area contributed by atoms with Gasteiger partial charge in [0.25, 0.3) is 0 Å². The summed E-state index contributed by atoms with van der Waals surface area (Å²) in [5.74, 6) is 0.845. The van der Waals surface area contributed by atoms with Gasteiger partial charge in [-0.25, -0.2) is 9.97 Å². The van der Waals surface area contributed by atoms with E-state index < -0.39 is 0 Å². The van der Waals surface area contributed by atoms with Gasteiger partial charge in [-0.15, -0.1) is 0 Å². The highest BCUT2D eigenvalue weighted by Crippen LogP contribution is 2.24. The Labute approximate surface area is 128 Å². The van der Waals surface area contributed by atoms with E-state index in [1.807, 2.05) is 18.5 Å². The summed E-state index contributed by atoms with van der Waals surface area (Å²) in [6.45, 7) is 9.34. The minimum atomic E-state index is 0.138. The number of rotatable bonds is 7. The maximum Gasteiger partial charge on any atom is 0.225 e. The molecule has 0 spiro atoms. The average molecular weight is 291 g/mol. The van der Waals surface area contributed by atoms with Gasteiger partial charge in [0.15, 0.2) is 0 Å². The largest absolute Gasteiger partial charge is 0.338 e. The molecule has 1 aliphatic heterocycles. The van der Waals surface area contributed by atoms with Crippen LogP contribution >= 0.6 is 0 Å². The van der Waals surface area contributed by atoms with Crippen molar-refractivity contribution in [2.24, 2.45) is 5.73 Å². The molecule has 1 unspecified atom stereocenters. The Bertz CT molecular complexity index is 402. The van der Waals surface area contributed by atoms with E-state index in [2.05, 4.69) is 33.6 Å². The van der Waals surface area contributed by atoms with Gasteiger partial charge in [-0.3, -0.25) is 4.90 Å². The van der Waals surface area contributed by atoms with Gasteiger partial charge in [0.1, 0.15) is 0 Å². The average Bonchev–Trinajstić information content (AvgIpc) is 2.56. The first-order chi connectivity index (χ1) is 10.2. The Morgan fingerprint density at radius 1 is 1.14 bits per heavy atom. The predicted molar refractivity (Wildman–Crippen MR) is 87.4 cm³/mol. The van der Waals surface area contributed by atoms with Crippen molar-refractivity contribution >= 4 is 5.95 Å². The number of nitrogens with zero attached hydrogens (tertiary/aromatic N) is 4. The third-order valence-electron chi connectivity index (χ3n) is 4.64. The zero-order valence-corrected chi connectivity index (χ0v) is 13.5. The summed E-state index contributed by atoms with van der Waals surface area (Å²) >= 11 is 0. The fourth-order valence-corrected chi connectivity index (χ4v) is 3.05. The number of aromatic nitrogens is 2. The topological polar surface area (TPSA) is 58.3 Å². The quantitative estimate of drug-likeness (QED) is 0.778. The summed E-state index contributed by atoms with van der Waals surface area (Å²) < 4.78 is 0. The van der Waals surface area contributed by atoms with Gasteiger partial charge < -0.3 is 10.6 Å². The molecule has 1 saturated heterocycles. The molecule has 2 rings (SSSR count). The van der Waals surface area contributed by atoms with E-state index in [4.69, 9.17) is 5.73 Å².